The number of aromatic nitrogens is 2. The third-order valence-electron chi connectivity index (χ3n) is 5.07. The maximum absolute atomic E-state index is 12.7. The van der Waals surface area contributed by atoms with Gasteiger partial charge in [0.15, 0.2) is 0 Å². The summed E-state index contributed by atoms with van der Waals surface area (Å²) in [6, 6.07) is 6.88. The van der Waals surface area contributed by atoms with Crippen LogP contribution in [-0.4, -0.2) is 60.2 Å². The first-order chi connectivity index (χ1) is 12.9. The zero-order valence-electron chi connectivity index (χ0n) is 15.7. The van der Waals surface area contributed by atoms with E-state index in [2.05, 4.69) is 20.2 Å². The predicted molar refractivity (Wildman–Crippen MR) is 114 cm³/mol. The van der Waals surface area contributed by atoms with Crippen molar-refractivity contribution in [1.82, 2.24) is 20.2 Å². The normalized spacial score (nSPS) is 15.8. The first-order valence-corrected chi connectivity index (χ1v) is 9.48. The van der Waals surface area contributed by atoms with Crippen LogP contribution in [0.3, 0.4) is 0 Å². The van der Waals surface area contributed by atoms with Gasteiger partial charge in [-0.05, 0) is 45.1 Å². The fraction of sp³-hybridized carbons (Fsp3) is 0.421. The van der Waals surface area contributed by atoms with E-state index in [1.165, 1.54) is 6.33 Å². The SMILES string of the molecule is CN(C)C1(CNC(=O)c2cc(-c3ccc(Cl)c(Cl)c3)ncn2)CCOCC1.Cl. The topological polar surface area (TPSA) is 67.4 Å². The lowest BCUT2D eigenvalue weighted by molar-refractivity contribution is -0.00660. The van der Waals surface area contributed by atoms with Gasteiger partial charge in [0.05, 0.1) is 15.7 Å². The number of hydrogen-bond acceptors (Lipinski definition) is 5. The van der Waals surface area contributed by atoms with E-state index >= 15 is 0 Å². The van der Waals surface area contributed by atoms with E-state index in [0.29, 0.717) is 41.2 Å². The molecule has 3 rings (SSSR count). The maximum Gasteiger partial charge on any atom is 0.270 e. The second-order valence-corrected chi connectivity index (χ2v) is 7.65. The molecule has 0 radical (unpaired) electrons. The Morgan fingerprint density at radius 3 is 2.54 bits per heavy atom. The monoisotopic (exact) mass is 444 g/mol. The van der Waals surface area contributed by atoms with Crippen LogP contribution in [-0.2, 0) is 4.74 Å². The number of carbonyl (C=O) groups is 1. The van der Waals surface area contributed by atoms with E-state index in [4.69, 9.17) is 27.9 Å². The minimum absolute atomic E-state index is 0. The number of nitrogens with zero attached hydrogens (tertiary/aromatic N) is 3. The van der Waals surface area contributed by atoms with Gasteiger partial charge >= 0.3 is 0 Å². The van der Waals surface area contributed by atoms with Crippen molar-refractivity contribution in [3.05, 3.63) is 46.3 Å². The van der Waals surface area contributed by atoms with Gasteiger partial charge in [-0.1, -0.05) is 29.3 Å². The highest BCUT2D eigenvalue weighted by atomic mass is 35.5. The van der Waals surface area contributed by atoms with Crippen LogP contribution in [0.15, 0.2) is 30.6 Å². The second-order valence-electron chi connectivity index (χ2n) is 6.83. The Labute approximate surface area is 181 Å². The van der Waals surface area contributed by atoms with Crippen LogP contribution >= 0.6 is 35.6 Å². The van der Waals surface area contributed by atoms with E-state index in [1.54, 1.807) is 24.3 Å². The fourth-order valence-electron chi connectivity index (χ4n) is 3.16. The van der Waals surface area contributed by atoms with Gasteiger partial charge in [0, 0.05) is 30.9 Å². The van der Waals surface area contributed by atoms with Crippen LogP contribution in [0.5, 0.6) is 0 Å². The molecule has 1 aliphatic rings. The average molecular weight is 446 g/mol. The third-order valence-corrected chi connectivity index (χ3v) is 5.80. The largest absolute Gasteiger partial charge is 0.381 e. The second kappa shape index (κ2) is 9.85. The lowest BCUT2D eigenvalue weighted by atomic mass is 9.88. The quantitative estimate of drug-likeness (QED) is 0.760. The summed E-state index contributed by atoms with van der Waals surface area (Å²) >= 11 is 12.0. The van der Waals surface area contributed by atoms with Crippen molar-refractivity contribution < 1.29 is 9.53 Å². The number of rotatable bonds is 5. The molecule has 1 aliphatic heterocycles. The van der Waals surface area contributed by atoms with E-state index in [-0.39, 0.29) is 23.9 Å². The first kappa shape index (κ1) is 22.8. The Hall–Kier alpha value is -1.44. The molecule has 1 N–H and O–H groups in total. The van der Waals surface area contributed by atoms with E-state index in [9.17, 15) is 4.79 Å². The molecule has 0 atom stereocenters. The standard InChI is InChI=1S/C19H22Cl2N4O2.ClH/c1-25(2)19(5-7-27-8-6-19)11-22-18(26)17-10-16(23-12-24-17)13-3-4-14(20)15(21)9-13;/h3-4,9-10,12H,5-8,11H2,1-2H3,(H,22,26);1H. The molecular formula is C19H23Cl3N4O2. The Bertz CT molecular complexity index is 827. The highest BCUT2D eigenvalue weighted by Crippen LogP contribution is 2.28. The molecular weight excluding hydrogens is 423 g/mol. The Balaban J connectivity index is 0.00000280. The molecule has 152 valence electrons. The molecule has 0 spiro atoms. The van der Waals surface area contributed by atoms with Gasteiger partial charge in [-0.15, -0.1) is 12.4 Å². The van der Waals surface area contributed by atoms with Crippen molar-refractivity contribution in [2.45, 2.75) is 18.4 Å². The highest BCUT2D eigenvalue weighted by molar-refractivity contribution is 6.42. The summed E-state index contributed by atoms with van der Waals surface area (Å²) in [7, 11) is 4.06. The molecule has 1 fully saturated rings. The van der Waals surface area contributed by atoms with E-state index in [0.717, 1.165) is 18.4 Å². The summed E-state index contributed by atoms with van der Waals surface area (Å²) in [6.45, 7) is 1.93. The minimum Gasteiger partial charge on any atom is -0.381 e. The van der Waals surface area contributed by atoms with Gasteiger partial charge in [0.1, 0.15) is 12.0 Å². The molecule has 2 heterocycles. The third kappa shape index (κ3) is 5.13. The van der Waals surface area contributed by atoms with Crippen LogP contribution in [0.2, 0.25) is 10.0 Å². The molecule has 1 aromatic carbocycles. The van der Waals surface area contributed by atoms with Crippen LogP contribution in [0.25, 0.3) is 11.3 Å². The smallest absolute Gasteiger partial charge is 0.270 e. The van der Waals surface area contributed by atoms with Crippen LogP contribution in [0.4, 0.5) is 0 Å². The summed E-state index contributed by atoms with van der Waals surface area (Å²) in [5.41, 5.74) is 1.59. The molecule has 2 aromatic rings. The minimum atomic E-state index is -0.230. The lowest BCUT2D eigenvalue weighted by Gasteiger charge is -2.42. The summed E-state index contributed by atoms with van der Waals surface area (Å²) in [6.07, 6.45) is 3.13. The summed E-state index contributed by atoms with van der Waals surface area (Å²) < 4.78 is 5.47. The number of halogens is 3. The average Bonchev–Trinajstić information content (AvgIpc) is 2.69. The van der Waals surface area contributed by atoms with Crippen molar-refractivity contribution in [3.8, 4) is 11.3 Å². The molecule has 28 heavy (non-hydrogen) atoms. The number of amides is 1. The molecule has 9 heteroatoms. The van der Waals surface area contributed by atoms with Crippen LogP contribution < -0.4 is 5.32 Å². The summed E-state index contributed by atoms with van der Waals surface area (Å²) in [4.78, 5) is 23.2. The number of ether oxygens (including phenoxy) is 1. The maximum atomic E-state index is 12.7. The van der Waals surface area contributed by atoms with Gasteiger partial charge in [-0.25, -0.2) is 9.97 Å². The number of benzene rings is 1. The van der Waals surface area contributed by atoms with Crippen molar-refractivity contribution >= 4 is 41.5 Å². The highest BCUT2D eigenvalue weighted by Gasteiger charge is 2.35. The summed E-state index contributed by atoms with van der Waals surface area (Å²) in [5.74, 6) is -0.230. The molecule has 0 saturated carbocycles. The van der Waals surface area contributed by atoms with Crippen molar-refractivity contribution in [2.24, 2.45) is 0 Å². The number of likely N-dealkylation sites (N-methyl/N-ethyl adjacent to an activating group) is 1. The molecule has 1 amide bonds. The van der Waals surface area contributed by atoms with Crippen molar-refractivity contribution in [2.75, 3.05) is 33.9 Å². The Morgan fingerprint density at radius 2 is 1.89 bits per heavy atom. The van der Waals surface area contributed by atoms with E-state index < -0.39 is 0 Å². The molecule has 0 unspecified atom stereocenters. The van der Waals surface area contributed by atoms with Crippen LogP contribution in [0, 0.1) is 0 Å². The predicted octanol–water partition coefficient (Wildman–Crippen LogP) is 3.71. The number of nitrogens with one attached hydrogen (secondary N) is 1. The van der Waals surface area contributed by atoms with Gasteiger partial charge in [-0.3, -0.25) is 4.79 Å². The molecule has 6 nitrogen and oxygen atoms in total. The van der Waals surface area contributed by atoms with Crippen molar-refractivity contribution in [1.29, 1.82) is 0 Å². The zero-order valence-corrected chi connectivity index (χ0v) is 18.1. The number of carbonyl (C=O) groups excluding carboxylic acids is 1. The molecule has 1 saturated heterocycles. The van der Waals surface area contributed by atoms with Gasteiger partial charge in [0.25, 0.3) is 5.91 Å². The van der Waals surface area contributed by atoms with Gasteiger partial charge < -0.3 is 15.0 Å². The number of hydrogen-bond donors (Lipinski definition) is 1. The van der Waals surface area contributed by atoms with Crippen LogP contribution in [0.1, 0.15) is 23.3 Å². The fourth-order valence-corrected chi connectivity index (χ4v) is 3.46. The Morgan fingerprint density at radius 1 is 1.18 bits per heavy atom. The zero-order chi connectivity index (χ0) is 19.4. The van der Waals surface area contributed by atoms with Gasteiger partial charge in [-0.2, -0.15) is 0 Å². The molecule has 1 aromatic heterocycles. The Kier molecular flexibility index (Phi) is 8.04. The van der Waals surface area contributed by atoms with E-state index in [1.807, 2.05) is 14.1 Å². The lowest BCUT2D eigenvalue weighted by Crippen LogP contribution is -2.55. The summed E-state index contributed by atoms with van der Waals surface area (Å²) in [5, 5.41) is 3.92. The first-order valence-electron chi connectivity index (χ1n) is 8.72. The van der Waals surface area contributed by atoms with Gasteiger partial charge in [0.2, 0.25) is 0 Å². The molecule has 0 bridgehead atoms. The molecule has 0 aliphatic carbocycles. The van der Waals surface area contributed by atoms with Crippen molar-refractivity contribution in [3.63, 3.8) is 0 Å².